The summed E-state index contributed by atoms with van der Waals surface area (Å²) in [5.74, 6) is 0. The van der Waals surface area contributed by atoms with E-state index >= 15 is 0 Å². The number of rotatable bonds is 4. The van der Waals surface area contributed by atoms with E-state index in [4.69, 9.17) is 5.26 Å². The Morgan fingerprint density at radius 1 is 1.41 bits per heavy atom. The highest BCUT2D eigenvalue weighted by atomic mass is 16.2. The molecule has 0 aliphatic rings. The molecular formula is C13H17N3O. The van der Waals surface area contributed by atoms with Gasteiger partial charge in [-0.2, -0.15) is 5.26 Å². The summed E-state index contributed by atoms with van der Waals surface area (Å²) < 4.78 is 0. The molecule has 0 unspecified atom stereocenters. The van der Waals surface area contributed by atoms with E-state index in [1.807, 2.05) is 44.2 Å². The van der Waals surface area contributed by atoms with Crippen molar-refractivity contribution in [3.8, 4) is 6.07 Å². The van der Waals surface area contributed by atoms with Crippen molar-refractivity contribution in [3.05, 3.63) is 29.8 Å². The molecule has 17 heavy (non-hydrogen) atoms. The molecule has 4 nitrogen and oxygen atoms in total. The van der Waals surface area contributed by atoms with Crippen LogP contribution in [0.5, 0.6) is 0 Å². The summed E-state index contributed by atoms with van der Waals surface area (Å²) >= 11 is 0. The highest BCUT2D eigenvalue weighted by Gasteiger charge is 2.11. The smallest absolute Gasteiger partial charge is 0.311 e. The summed E-state index contributed by atoms with van der Waals surface area (Å²) in [6, 6.07) is 9.34. The lowest BCUT2D eigenvalue weighted by Crippen LogP contribution is -2.35. The van der Waals surface area contributed by atoms with Gasteiger partial charge in [-0.15, -0.1) is 0 Å². The zero-order valence-corrected chi connectivity index (χ0v) is 10.2. The first kappa shape index (κ1) is 13.0. The minimum absolute atomic E-state index is 0.117. The third-order valence-electron chi connectivity index (χ3n) is 2.35. The Hall–Kier alpha value is -2.02. The number of carbonyl (C=O) groups excluding carboxylic acids is 1. The topological polar surface area (TPSA) is 56.1 Å². The molecule has 1 aromatic carbocycles. The van der Waals surface area contributed by atoms with Gasteiger partial charge in [0.15, 0.2) is 0 Å². The molecule has 0 atom stereocenters. The molecule has 0 spiro atoms. The summed E-state index contributed by atoms with van der Waals surface area (Å²) in [7, 11) is 0. The van der Waals surface area contributed by atoms with Crippen molar-refractivity contribution in [2.24, 2.45) is 0 Å². The first-order chi connectivity index (χ1) is 8.17. The van der Waals surface area contributed by atoms with Crippen LogP contribution in [0.3, 0.4) is 0 Å². The fraction of sp³-hybridized carbons (Fsp3) is 0.385. The lowest BCUT2D eigenvalue weighted by molar-refractivity contribution is 0.218. The van der Waals surface area contributed by atoms with Gasteiger partial charge in [-0.25, -0.2) is 4.79 Å². The van der Waals surface area contributed by atoms with E-state index in [9.17, 15) is 4.79 Å². The largest absolute Gasteiger partial charge is 0.322 e. The first-order valence-corrected chi connectivity index (χ1v) is 5.67. The monoisotopic (exact) mass is 231 g/mol. The van der Waals surface area contributed by atoms with Gasteiger partial charge in [-0.3, -0.25) is 0 Å². The summed E-state index contributed by atoms with van der Waals surface area (Å²) in [5, 5.41) is 11.4. The fourth-order valence-electron chi connectivity index (χ4n) is 1.45. The van der Waals surface area contributed by atoms with Gasteiger partial charge in [0.25, 0.3) is 0 Å². The number of benzene rings is 1. The van der Waals surface area contributed by atoms with Crippen molar-refractivity contribution >= 4 is 11.7 Å². The van der Waals surface area contributed by atoms with E-state index in [1.165, 1.54) is 4.90 Å². The predicted octanol–water partition coefficient (Wildman–Crippen LogP) is 2.76. The number of urea groups is 1. The van der Waals surface area contributed by atoms with Crippen molar-refractivity contribution in [3.63, 3.8) is 0 Å². The Labute approximate surface area is 102 Å². The molecule has 4 heteroatoms. The third kappa shape index (κ3) is 4.15. The van der Waals surface area contributed by atoms with Crippen LogP contribution >= 0.6 is 0 Å². The number of hydrogen-bond donors (Lipinski definition) is 1. The number of carbonyl (C=O) groups is 1. The maximum Gasteiger partial charge on any atom is 0.322 e. The number of anilines is 1. The van der Waals surface area contributed by atoms with Crippen molar-refractivity contribution in [1.82, 2.24) is 4.90 Å². The zero-order valence-electron chi connectivity index (χ0n) is 10.2. The minimum atomic E-state index is -0.225. The number of nitrogens with zero attached hydrogens (tertiary/aromatic N) is 2. The molecule has 1 rings (SSSR count). The third-order valence-corrected chi connectivity index (χ3v) is 2.35. The molecule has 0 fully saturated rings. The van der Waals surface area contributed by atoms with Crippen molar-refractivity contribution in [2.75, 3.05) is 18.4 Å². The molecule has 1 aromatic rings. The lowest BCUT2D eigenvalue weighted by atomic mass is 10.2. The minimum Gasteiger partial charge on any atom is -0.311 e. The molecule has 0 heterocycles. The van der Waals surface area contributed by atoms with E-state index in [-0.39, 0.29) is 12.6 Å². The maximum atomic E-state index is 11.8. The van der Waals surface area contributed by atoms with Crippen LogP contribution in [-0.2, 0) is 0 Å². The normalized spacial score (nSPS) is 9.47. The molecule has 0 saturated heterocycles. The number of nitriles is 1. The Balaban J connectivity index is 2.63. The van der Waals surface area contributed by atoms with E-state index in [2.05, 4.69) is 5.32 Å². The highest BCUT2D eigenvalue weighted by Crippen LogP contribution is 2.09. The zero-order chi connectivity index (χ0) is 12.7. The van der Waals surface area contributed by atoms with Crippen LogP contribution in [0.4, 0.5) is 10.5 Å². The van der Waals surface area contributed by atoms with E-state index < -0.39 is 0 Å². The molecule has 2 amide bonds. The van der Waals surface area contributed by atoms with Gasteiger partial charge in [-0.05, 0) is 25.5 Å². The molecule has 0 aromatic heterocycles. The number of aryl methyl sites for hydroxylation is 1. The van der Waals surface area contributed by atoms with Crippen LogP contribution in [0.2, 0.25) is 0 Å². The van der Waals surface area contributed by atoms with Gasteiger partial charge in [0.1, 0.15) is 6.54 Å². The van der Waals surface area contributed by atoms with Crippen LogP contribution in [0.1, 0.15) is 18.9 Å². The molecule has 0 saturated carbocycles. The SMILES string of the molecule is CCCN(CC#N)C(=O)Nc1ccc(C)cc1. The van der Waals surface area contributed by atoms with Crippen LogP contribution in [0.25, 0.3) is 0 Å². The van der Waals surface area contributed by atoms with Crippen LogP contribution in [-0.4, -0.2) is 24.0 Å². The van der Waals surface area contributed by atoms with E-state index in [1.54, 1.807) is 0 Å². The Morgan fingerprint density at radius 3 is 2.59 bits per heavy atom. The van der Waals surface area contributed by atoms with Crippen molar-refractivity contribution in [2.45, 2.75) is 20.3 Å². The van der Waals surface area contributed by atoms with Gasteiger partial charge in [-0.1, -0.05) is 24.6 Å². The molecule has 90 valence electrons. The fourth-order valence-corrected chi connectivity index (χ4v) is 1.45. The second-order valence-corrected chi connectivity index (χ2v) is 3.88. The Morgan fingerprint density at radius 2 is 2.06 bits per heavy atom. The quantitative estimate of drug-likeness (QED) is 0.810. The van der Waals surface area contributed by atoms with Gasteiger partial charge in [0.2, 0.25) is 0 Å². The summed E-state index contributed by atoms with van der Waals surface area (Å²) in [6.07, 6.45) is 0.836. The van der Waals surface area contributed by atoms with Crippen molar-refractivity contribution < 1.29 is 4.79 Å². The highest BCUT2D eigenvalue weighted by molar-refractivity contribution is 5.89. The summed E-state index contributed by atoms with van der Waals surface area (Å²) in [4.78, 5) is 13.3. The summed E-state index contributed by atoms with van der Waals surface area (Å²) in [5.41, 5.74) is 1.89. The standard InChI is InChI=1S/C13H17N3O/c1-3-9-16(10-8-14)13(17)15-12-6-4-11(2)5-7-12/h4-7H,3,9-10H2,1-2H3,(H,15,17). The Kier molecular flexibility index (Phi) is 5.02. The number of nitrogens with one attached hydrogen (secondary N) is 1. The molecule has 0 bridgehead atoms. The Bertz CT molecular complexity index is 406. The van der Waals surface area contributed by atoms with E-state index in [0.717, 1.165) is 17.7 Å². The average Bonchev–Trinajstić information content (AvgIpc) is 2.32. The van der Waals surface area contributed by atoms with Gasteiger partial charge in [0, 0.05) is 12.2 Å². The molecule has 0 radical (unpaired) electrons. The van der Waals surface area contributed by atoms with Gasteiger partial charge < -0.3 is 10.2 Å². The van der Waals surface area contributed by atoms with Gasteiger partial charge in [0.05, 0.1) is 6.07 Å². The van der Waals surface area contributed by atoms with E-state index in [0.29, 0.717) is 6.54 Å². The average molecular weight is 231 g/mol. The van der Waals surface area contributed by atoms with Gasteiger partial charge >= 0.3 is 6.03 Å². The predicted molar refractivity (Wildman–Crippen MR) is 67.7 cm³/mol. The maximum absolute atomic E-state index is 11.8. The first-order valence-electron chi connectivity index (χ1n) is 5.67. The summed E-state index contributed by atoms with van der Waals surface area (Å²) in [6.45, 7) is 4.67. The molecule has 0 aliphatic carbocycles. The second kappa shape index (κ2) is 6.54. The molecule has 0 aliphatic heterocycles. The molecule has 1 N–H and O–H groups in total. The van der Waals surface area contributed by atoms with Crippen LogP contribution in [0, 0.1) is 18.3 Å². The second-order valence-electron chi connectivity index (χ2n) is 3.88. The van der Waals surface area contributed by atoms with Crippen LogP contribution in [0.15, 0.2) is 24.3 Å². The number of hydrogen-bond acceptors (Lipinski definition) is 2. The lowest BCUT2D eigenvalue weighted by Gasteiger charge is -2.19. The van der Waals surface area contributed by atoms with Crippen LogP contribution < -0.4 is 5.32 Å². The van der Waals surface area contributed by atoms with Crippen molar-refractivity contribution in [1.29, 1.82) is 5.26 Å². The molecular weight excluding hydrogens is 214 g/mol. The number of amides is 2.